The summed E-state index contributed by atoms with van der Waals surface area (Å²) in [4.78, 5) is 2.25. The van der Waals surface area contributed by atoms with E-state index in [0.29, 0.717) is 0 Å². The SMILES string of the molecule is CCN(c1cccc(C)c1)c1ccc(C(=N)N)c(C)c1. The van der Waals surface area contributed by atoms with Gasteiger partial charge >= 0.3 is 0 Å². The van der Waals surface area contributed by atoms with Crippen molar-refractivity contribution < 1.29 is 0 Å². The lowest BCUT2D eigenvalue weighted by Gasteiger charge is -2.24. The molecule has 2 aromatic carbocycles. The number of hydrogen-bond acceptors (Lipinski definition) is 2. The monoisotopic (exact) mass is 267 g/mol. The van der Waals surface area contributed by atoms with Crippen LogP contribution in [0.3, 0.4) is 0 Å². The number of anilines is 2. The maximum atomic E-state index is 7.56. The van der Waals surface area contributed by atoms with Gasteiger partial charge in [-0.1, -0.05) is 12.1 Å². The summed E-state index contributed by atoms with van der Waals surface area (Å²) in [6, 6.07) is 14.5. The third-order valence-corrected chi connectivity index (χ3v) is 3.44. The molecule has 0 saturated carbocycles. The van der Waals surface area contributed by atoms with Crippen molar-refractivity contribution in [1.29, 1.82) is 5.41 Å². The number of benzene rings is 2. The summed E-state index contributed by atoms with van der Waals surface area (Å²) in [6.45, 7) is 7.12. The van der Waals surface area contributed by atoms with Crippen molar-refractivity contribution in [2.45, 2.75) is 20.8 Å². The van der Waals surface area contributed by atoms with E-state index in [1.807, 2.05) is 19.1 Å². The van der Waals surface area contributed by atoms with Gasteiger partial charge in [0, 0.05) is 23.5 Å². The Morgan fingerprint density at radius 2 is 1.80 bits per heavy atom. The largest absolute Gasteiger partial charge is 0.384 e. The topological polar surface area (TPSA) is 53.1 Å². The molecule has 3 nitrogen and oxygen atoms in total. The smallest absolute Gasteiger partial charge is 0.123 e. The normalized spacial score (nSPS) is 10.3. The van der Waals surface area contributed by atoms with Crippen LogP contribution in [0.1, 0.15) is 23.6 Å². The van der Waals surface area contributed by atoms with Crippen molar-refractivity contribution in [3.63, 3.8) is 0 Å². The van der Waals surface area contributed by atoms with Crippen molar-refractivity contribution in [1.82, 2.24) is 0 Å². The maximum absolute atomic E-state index is 7.56. The fourth-order valence-electron chi connectivity index (χ4n) is 2.43. The number of aryl methyl sites for hydroxylation is 2. The minimum absolute atomic E-state index is 0.118. The molecule has 0 aromatic heterocycles. The van der Waals surface area contributed by atoms with Gasteiger partial charge < -0.3 is 10.6 Å². The molecule has 0 unspecified atom stereocenters. The van der Waals surface area contributed by atoms with Crippen molar-refractivity contribution in [2.75, 3.05) is 11.4 Å². The molecule has 0 atom stereocenters. The lowest BCUT2D eigenvalue weighted by Crippen LogP contribution is -2.17. The van der Waals surface area contributed by atoms with Crippen molar-refractivity contribution >= 4 is 17.2 Å². The highest BCUT2D eigenvalue weighted by Crippen LogP contribution is 2.27. The van der Waals surface area contributed by atoms with Crippen molar-refractivity contribution in [3.05, 3.63) is 59.2 Å². The number of rotatable bonds is 4. The fourth-order valence-corrected chi connectivity index (χ4v) is 2.43. The van der Waals surface area contributed by atoms with E-state index >= 15 is 0 Å². The second kappa shape index (κ2) is 5.78. The van der Waals surface area contributed by atoms with Gasteiger partial charge in [-0.15, -0.1) is 0 Å². The molecule has 3 heteroatoms. The maximum Gasteiger partial charge on any atom is 0.123 e. The van der Waals surface area contributed by atoms with Gasteiger partial charge in [-0.2, -0.15) is 0 Å². The lowest BCUT2D eigenvalue weighted by atomic mass is 10.1. The first-order chi connectivity index (χ1) is 9.52. The molecular weight excluding hydrogens is 246 g/mol. The zero-order valence-electron chi connectivity index (χ0n) is 12.3. The summed E-state index contributed by atoms with van der Waals surface area (Å²) in [7, 11) is 0. The van der Waals surface area contributed by atoms with Gasteiger partial charge in [0.2, 0.25) is 0 Å². The van der Waals surface area contributed by atoms with E-state index in [1.165, 1.54) is 11.3 Å². The van der Waals surface area contributed by atoms with E-state index in [0.717, 1.165) is 23.4 Å². The number of nitrogens with one attached hydrogen (secondary N) is 1. The van der Waals surface area contributed by atoms with Gasteiger partial charge in [0.15, 0.2) is 0 Å². The molecule has 0 aliphatic rings. The van der Waals surface area contributed by atoms with Gasteiger partial charge in [0.25, 0.3) is 0 Å². The minimum atomic E-state index is 0.118. The Morgan fingerprint density at radius 1 is 1.10 bits per heavy atom. The molecule has 3 N–H and O–H groups in total. The number of nitrogen functional groups attached to an aromatic ring is 1. The molecule has 20 heavy (non-hydrogen) atoms. The first kappa shape index (κ1) is 14.1. The molecule has 0 radical (unpaired) electrons. The molecule has 0 aliphatic carbocycles. The van der Waals surface area contributed by atoms with Crippen LogP contribution in [-0.4, -0.2) is 12.4 Å². The van der Waals surface area contributed by atoms with Crippen LogP contribution in [0.5, 0.6) is 0 Å². The highest BCUT2D eigenvalue weighted by Gasteiger charge is 2.10. The predicted molar refractivity (Wildman–Crippen MR) is 86.1 cm³/mol. The van der Waals surface area contributed by atoms with Crippen molar-refractivity contribution in [2.24, 2.45) is 5.73 Å². The summed E-state index contributed by atoms with van der Waals surface area (Å²) in [5, 5.41) is 7.56. The van der Waals surface area contributed by atoms with E-state index in [4.69, 9.17) is 11.1 Å². The summed E-state index contributed by atoms with van der Waals surface area (Å²) >= 11 is 0. The Bertz CT molecular complexity index is 632. The Balaban J connectivity index is 2.42. The summed E-state index contributed by atoms with van der Waals surface area (Å²) in [5.74, 6) is 0.118. The predicted octanol–water partition coefficient (Wildman–Crippen LogP) is 3.75. The molecule has 0 heterocycles. The van der Waals surface area contributed by atoms with Crippen molar-refractivity contribution in [3.8, 4) is 0 Å². The average molecular weight is 267 g/mol. The van der Waals surface area contributed by atoms with Gasteiger partial charge in [-0.3, -0.25) is 5.41 Å². The van der Waals surface area contributed by atoms with E-state index < -0.39 is 0 Å². The Hall–Kier alpha value is -2.29. The third-order valence-electron chi connectivity index (χ3n) is 3.44. The molecule has 2 rings (SSSR count). The second-order valence-corrected chi connectivity index (χ2v) is 5.00. The highest BCUT2D eigenvalue weighted by molar-refractivity contribution is 5.96. The molecule has 104 valence electrons. The zero-order valence-corrected chi connectivity index (χ0v) is 12.3. The van der Waals surface area contributed by atoms with Crippen LogP contribution < -0.4 is 10.6 Å². The Labute approximate surface area is 120 Å². The Kier molecular flexibility index (Phi) is 4.08. The standard InChI is InChI=1S/C17H21N3/c1-4-20(14-7-5-6-12(2)10-14)15-8-9-16(17(18)19)13(3)11-15/h5-11H,4H2,1-3H3,(H3,18,19). The number of nitrogens with two attached hydrogens (primary N) is 1. The van der Waals surface area contributed by atoms with Gasteiger partial charge in [0.1, 0.15) is 5.84 Å². The van der Waals surface area contributed by atoms with E-state index in [-0.39, 0.29) is 5.84 Å². The minimum Gasteiger partial charge on any atom is -0.384 e. The van der Waals surface area contributed by atoms with Crippen LogP contribution in [0.2, 0.25) is 0 Å². The van der Waals surface area contributed by atoms with Gasteiger partial charge in [-0.25, -0.2) is 0 Å². The fraction of sp³-hybridized carbons (Fsp3) is 0.235. The van der Waals surface area contributed by atoms with Crippen LogP contribution in [0.4, 0.5) is 11.4 Å². The molecule has 0 spiro atoms. The van der Waals surface area contributed by atoms with E-state index in [1.54, 1.807) is 0 Å². The number of nitrogens with zero attached hydrogens (tertiary/aromatic N) is 1. The quantitative estimate of drug-likeness (QED) is 0.655. The summed E-state index contributed by atoms with van der Waals surface area (Å²) in [6.07, 6.45) is 0. The molecule has 2 aromatic rings. The first-order valence-corrected chi connectivity index (χ1v) is 6.82. The average Bonchev–Trinajstić information content (AvgIpc) is 2.39. The molecule has 0 saturated heterocycles. The lowest BCUT2D eigenvalue weighted by molar-refractivity contribution is 1.02. The third kappa shape index (κ3) is 2.82. The van der Waals surface area contributed by atoms with Crippen LogP contribution >= 0.6 is 0 Å². The summed E-state index contributed by atoms with van der Waals surface area (Å²) < 4.78 is 0. The van der Waals surface area contributed by atoms with Crippen LogP contribution in [0, 0.1) is 19.3 Å². The van der Waals surface area contributed by atoms with Crippen LogP contribution in [-0.2, 0) is 0 Å². The van der Waals surface area contributed by atoms with E-state index in [2.05, 4.69) is 49.1 Å². The molecule has 0 aliphatic heterocycles. The second-order valence-electron chi connectivity index (χ2n) is 5.00. The van der Waals surface area contributed by atoms with Crippen LogP contribution in [0.15, 0.2) is 42.5 Å². The number of amidine groups is 1. The van der Waals surface area contributed by atoms with E-state index in [9.17, 15) is 0 Å². The molecular formula is C17H21N3. The Morgan fingerprint density at radius 3 is 2.35 bits per heavy atom. The zero-order chi connectivity index (χ0) is 14.7. The highest BCUT2D eigenvalue weighted by atomic mass is 15.1. The summed E-state index contributed by atoms with van der Waals surface area (Å²) in [5.41, 5.74) is 11.0. The molecule has 0 bridgehead atoms. The molecule has 0 amide bonds. The number of hydrogen-bond donors (Lipinski definition) is 2. The van der Waals surface area contributed by atoms with Crippen LogP contribution in [0.25, 0.3) is 0 Å². The van der Waals surface area contributed by atoms with Gasteiger partial charge in [-0.05, 0) is 62.2 Å². The first-order valence-electron chi connectivity index (χ1n) is 6.82. The van der Waals surface area contributed by atoms with Gasteiger partial charge in [0.05, 0.1) is 0 Å². The molecule has 0 fully saturated rings.